The molecular weight excluding hydrogens is 190 g/mol. The van der Waals surface area contributed by atoms with E-state index in [9.17, 15) is 4.79 Å². The molecule has 0 aliphatic carbocycles. The normalized spacial score (nSPS) is 9.93. The molecule has 0 spiro atoms. The number of nitrogens with one attached hydrogen (secondary N) is 1. The maximum atomic E-state index is 11.7. The SMILES string of the molecule is Cc1cccc(C(=O)Nn2cccn2)c1. The first-order valence-electron chi connectivity index (χ1n) is 4.63. The molecule has 1 N–H and O–H groups in total. The van der Waals surface area contributed by atoms with E-state index in [1.165, 1.54) is 4.79 Å². The lowest BCUT2D eigenvalue weighted by atomic mass is 10.1. The first kappa shape index (κ1) is 9.45. The van der Waals surface area contributed by atoms with Gasteiger partial charge >= 0.3 is 0 Å². The zero-order chi connectivity index (χ0) is 10.7. The molecule has 0 radical (unpaired) electrons. The molecule has 1 aromatic carbocycles. The van der Waals surface area contributed by atoms with Gasteiger partial charge in [0.05, 0.1) is 6.20 Å². The van der Waals surface area contributed by atoms with Crippen molar-refractivity contribution in [3.8, 4) is 0 Å². The topological polar surface area (TPSA) is 46.9 Å². The quantitative estimate of drug-likeness (QED) is 0.801. The summed E-state index contributed by atoms with van der Waals surface area (Å²) in [6.07, 6.45) is 3.28. The number of benzene rings is 1. The number of hydrogen-bond acceptors (Lipinski definition) is 2. The molecule has 1 aromatic heterocycles. The van der Waals surface area contributed by atoms with Crippen LogP contribution in [-0.4, -0.2) is 15.8 Å². The molecule has 0 unspecified atom stereocenters. The summed E-state index contributed by atoms with van der Waals surface area (Å²) in [4.78, 5) is 13.1. The van der Waals surface area contributed by atoms with Crippen molar-refractivity contribution in [2.24, 2.45) is 0 Å². The van der Waals surface area contributed by atoms with Gasteiger partial charge in [-0.3, -0.25) is 4.79 Å². The number of carbonyl (C=O) groups excluding carboxylic acids is 1. The van der Waals surface area contributed by atoms with Gasteiger partial charge in [0.15, 0.2) is 0 Å². The van der Waals surface area contributed by atoms with Crippen molar-refractivity contribution in [1.29, 1.82) is 0 Å². The van der Waals surface area contributed by atoms with Crippen LogP contribution in [0.2, 0.25) is 0 Å². The minimum absolute atomic E-state index is 0.164. The van der Waals surface area contributed by atoms with E-state index < -0.39 is 0 Å². The van der Waals surface area contributed by atoms with Crippen LogP contribution in [0.25, 0.3) is 0 Å². The molecule has 4 heteroatoms. The number of carbonyl (C=O) groups is 1. The van der Waals surface area contributed by atoms with Crippen LogP contribution in [-0.2, 0) is 0 Å². The minimum Gasteiger partial charge on any atom is -0.267 e. The number of aromatic nitrogens is 2. The van der Waals surface area contributed by atoms with Crippen molar-refractivity contribution in [3.63, 3.8) is 0 Å². The second-order valence-corrected chi connectivity index (χ2v) is 3.26. The van der Waals surface area contributed by atoms with E-state index in [1.807, 2.05) is 25.1 Å². The van der Waals surface area contributed by atoms with Gasteiger partial charge in [-0.25, -0.2) is 5.43 Å². The van der Waals surface area contributed by atoms with E-state index in [4.69, 9.17) is 0 Å². The lowest BCUT2D eigenvalue weighted by Crippen LogP contribution is -2.23. The summed E-state index contributed by atoms with van der Waals surface area (Å²) in [6.45, 7) is 1.95. The summed E-state index contributed by atoms with van der Waals surface area (Å²) in [6, 6.07) is 9.15. The monoisotopic (exact) mass is 201 g/mol. The number of rotatable bonds is 2. The largest absolute Gasteiger partial charge is 0.271 e. The van der Waals surface area contributed by atoms with E-state index in [0.29, 0.717) is 5.56 Å². The molecular formula is C11H11N3O. The Bertz CT molecular complexity index is 462. The van der Waals surface area contributed by atoms with Gasteiger partial charge in [-0.05, 0) is 25.1 Å². The molecule has 0 aliphatic heterocycles. The van der Waals surface area contributed by atoms with Crippen LogP contribution >= 0.6 is 0 Å². The Hall–Kier alpha value is -2.10. The van der Waals surface area contributed by atoms with Crippen molar-refractivity contribution in [3.05, 3.63) is 53.9 Å². The van der Waals surface area contributed by atoms with Gasteiger partial charge in [-0.1, -0.05) is 17.7 Å². The standard InChI is InChI=1S/C11H11N3O/c1-9-4-2-5-10(8-9)11(15)13-14-7-3-6-12-14/h2-8H,1H3,(H,13,15). The van der Waals surface area contributed by atoms with E-state index in [-0.39, 0.29) is 5.91 Å². The number of hydrogen-bond donors (Lipinski definition) is 1. The summed E-state index contributed by atoms with van der Waals surface area (Å²) >= 11 is 0. The summed E-state index contributed by atoms with van der Waals surface area (Å²) in [5.41, 5.74) is 4.32. The highest BCUT2D eigenvalue weighted by Crippen LogP contribution is 2.03. The average Bonchev–Trinajstić information content (AvgIpc) is 2.70. The van der Waals surface area contributed by atoms with Crippen LogP contribution in [0.4, 0.5) is 0 Å². The fourth-order valence-corrected chi connectivity index (χ4v) is 1.29. The highest BCUT2D eigenvalue weighted by molar-refractivity contribution is 5.99. The van der Waals surface area contributed by atoms with Gasteiger partial charge in [-0.15, -0.1) is 0 Å². The number of amides is 1. The Morgan fingerprint density at radius 1 is 1.40 bits per heavy atom. The molecule has 0 fully saturated rings. The van der Waals surface area contributed by atoms with Gasteiger partial charge < -0.3 is 0 Å². The molecule has 1 amide bonds. The van der Waals surface area contributed by atoms with Gasteiger partial charge in [0.2, 0.25) is 0 Å². The Labute approximate surface area is 87.5 Å². The fraction of sp³-hybridized carbons (Fsp3) is 0.0909. The van der Waals surface area contributed by atoms with Gasteiger partial charge in [0, 0.05) is 11.8 Å². The summed E-state index contributed by atoms with van der Waals surface area (Å²) in [5.74, 6) is -0.164. The second-order valence-electron chi connectivity index (χ2n) is 3.26. The molecule has 15 heavy (non-hydrogen) atoms. The van der Waals surface area contributed by atoms with E-state index in [2.05, 4.69) is 10.5 Å². The lowest BCUT2D eigenvalue weighted by Gasteiger charge is -2.04. The van der Waals surface area contributed by atoms with Crippen LogP contribution < -0.4 is 5.43 Å². The summed E-state index contributed by atoms with van der Waals surface area (Å²) < 4.78 is 0. The Kier molecular flexibility index (Phi) is 2.49. The third-order valence-corrected chi connectivity index (χ3v) is 2.00. The smallest absolute Gasteiger partial charge is 0.267 e. The van der Waals surface area contributed by atoms with E-state index >= 15 is 0 Å². The first-order chi connectivity index (χ1) is 7.25. The predicted octanol–water partition coefficient (Wildman–Crippen LogP) is 1.58. The molecule has 2 rings (SSSR count). The molecule has 1 heterocycles. The molecule has 0 aliphatic rings. The van der Waals surface area contributed by atoms with Crippen LogP contribution in [0.5, 0.6) is 0 Å². The highest BCUT2D eigenvalue weighted by atomic mass is 16.2. The molecule has 0 saturated carbocycles. The van der Waals surface area contributed by atoms with Gasteiger partial charge in [0.25, 0.3) is 5.91 Å². The lowest BCUT2D eigenvalue weighted by molar-refractivity contribution is 0.100. The molecule has 2 aromatic rings. The van der Waals surface area contributed by atoms with Crippen LogP contribution in [0.15, 0.2) is 42.7 Å². The average molecular weight is 201 g/mol. The molecule has 0 bridgehead atoms. The van der Waals surface area contributed by atoms with Crippen LogP contribution in [0, 0.1) is 6.92 Å². The van der Waals surface area contributed by atoms with Gasteiger partial charge in [0.1, 0.15) is 0 Å². The zero-order valence-corrected chi connectivity index (χ0v) is 8.34. The Morgan fingerprint density at radius 2 is 2.27 bits per heavy atom. The Morgan fingerprint density at radius 3 is 2.93 bits per heavy atom. The molecule has 4 nitrogen and oxygen atoms in total. The van der Waals surface area contributed by atoms with Crippen molar-refractivity contribution < 1.29 is 4.79 Å². The summed E-state index contributed by atoms with van der Waals surface area (Å²) in [5, 5.41) is 3.89. The minimum atomic E-state index is -0.164. The molecule has 0 saturated heterocycles. The van der Waals surface area contributed by atoms with Crippen molar-refractivity contribution >= 4 is 5.91 Å². The van der Waals surface area contributed by atoms with Gasteiger partial charge in [-0.2, -0.15) is 9.89 Å². The first-order valence-corrected chi connectivity index (χ1v) is 4.63. The van der Waals surface area contributed by atoms with Crippen molar-refractivity contribution in [1.82, 2.24) is 9.89 Å². The van der Waals surface area contributed by atoms with Crippen LogP contribution in [0.3, 0.4) is 0 Å². The maximum absolute atomic E-state index is 11.7. The van der Waals surface area contributed by atoms with Crippen LogP contribution in [0.1, 0.15) is 15.9 Å². The highest BCUT2D eigenvalue weighted by Gasteiger charge is 2.04. The number of nitrogens with zero attached hydrogens (tertiary/aromatic N) is 2. The Balaban J connectivity index is 2.15. The third-order valence-electron chi connectivity index (χ3n) is 2.00. The fourth-order valence-electron chi connectivity index (χ4n) is 1.29. The molecule has 0 atom stereocenters. The second kappa shape index (κ2) is 3.96. The zero-order valence-electron chi connectivity index (χ0n) is 8.34. The van der Waals surface area contributed by atoms with E-state index in [0.717, 1.165) is 5.56 Å². The summed E-state index contributed by atoms with van der Waals surface area (Å²) in [7, 11) is 0. The van der Waals surface area contributed by atoms with Crippen molar-refractivity contribution in [2.75, 3.05) is 5.43 Å². The molecule has 76 valence electrons. The van der Waals surface area contributed by atoms with Crippen molar-refractivity contribution in [2.45, 2.75) is 6.92 Å². The van der Waals surface area contributed by atoms with E-state index in [1.54, 1.807) is 24.5 Å². The number of aryl methyl sites for hydroxylation is 1. The third kappa shape index (κ3) is 2.22. The predicted molar refractivity (Wildman–Crippen MR) is 57.1 cm³/mol. The maximum Gasteiger partial charge on any atom is 0.271 e.